The zero-order valence-electron chi connectivity index (χ0n) is 13.2. The molecule has 2 aromatic rings. The molecular formula is C16H18ClF3N4. The number of imidazole rings is 1. The van der Waals surface area contributed by atoms with Crippen molar-refractivity contribution in [3.05, 3.63) is 46.8 Å². The molecule has 4 nitrogen and oxygen atoms in total. The lowest BCUT2D eigenvalue weighted by molar-refractivity contribution is -0.141. The summed E-state index contributed by atoms with van der Waals surface area (Å²) >= 11 is 5.82. The molecule has 8 heteroatoms. The van der Waals surface area contributed by atoms with Gasteiger partial charge >= 0.3 is 6.18 Å². The summed E-state index contributed by atoms with van der Waals surface area (Å²) in [5, 5.41) is 0.599. The Hall–Kier alpha value is -1.60. The lowest BCUT2D eigenvalue weighted by Gasteiger charge is -2.28. The predicted molar refractivity (Wildman–Crippen MR) is 84.6 cm³/mol. The molecule has 0 N–H and O–H groups in total. The normalized spacial score (nSPS) is 18.0. The summed E-state index contributed by atoms with van der Waals surface area (Å²) in [4.78, 5) is 10.1. The molecule has 0 saturated carbocycles. The van der Waals surface area contributed by atoms with E-state index < -0.39 is 11.9 Å². The summed E-state index contributed by atoms with van der Waals surface area (Å²) in [5.74, 6) is 0.825. The minimum atomic E-state index is -4.38. The fourth-order valence-corrected chi connectivity index (χ4v) is 3.19. The second-order valence-electron chi connectivity index (χ2n) is 6.26. The number of nitrogens with zero attached hydrogens (tertiary/aromatic N) is 4. The van der Waals surface area contributed by atoms with Gasteiger partial charge in [0, 0.05) is 38.4 Å². The highest BCUT2D eigenvalue weighted by Gasteiger charge is 2.35. The first kappa shape index (κ1) is 17.2. The van der Waals surface area contributed by atoms with Gasteiger partial charge in [-0.3, -0.25) is 4.98 Å². The van der Waals surface area contributed by atoms with Gasteiger partial charge in [-0.25, -0.2) is 4.98 Å². The number of hydrogen-bond acceptors (Lipinski definition) is 3. The van der Waals surface area contributed by atoms with E-state index in [1.165, 1.54) is 0 Å². The van der Waals surface area contributed by atoms with Crippen molar-refractivity contribution in [2.24, 2.45) is 5.92 Å². The second-order valence-corrected chi connectivity index (χ2v) is 6.70. The Morgan fingerprint density at radius 1 is 1.38 bits per heavy atom. The first-order chi connectivity index (χ1) is 11.3. The topological polar surface area (TPSA) is 34.0 Å². The molecule has 0 amide bonds. The van der Waals surface area contributed by atoms with E-state index in [0.717, 1.165) is 24.9 Å². The van der Waals surface area contributed by atoms with Crippen molar-refractivity contribution in [2.75, 3.05) is 13.6 Å². The van der Waals surface area contributed by atoms with Gasteiger partial charge in [0.1, 0.15) is 5.82 Å². The Kier molecular flexibility index (Phi) is 4.83. The third kappa shape index (κ3) is 4.08. The van der Waals surface area contributed by atoms with E-state index in [1.807, 2.05) is 13.1 Å². The fourth-order valence-electron chi connectivity index (χ4n) is 3.08. The number of hydrogen-bond donors (Lipinski definition) is 0. The molecule has 0 spiro atoms. The average molecular weight is 359 g/mol. The van der Waals surface area contributed by atoms with E-state index in [0.29, 0.717) is 36.3 Å². The second kappa shape index (κ2) is 6.72. The quantitative estimate of drug-likeness (QED) is 0.836. The number of aromatic nitrogens is 3. The molecule has 2 aromatic heterocycles. The summed E-state index contributed by atoms with van der Waals surface area (Å²) in [6.45, 7) is 2.04. The molecule has 0 saturated heterocycles. The molecule has 0 aliphatic carbocycles. The van der Waals surface area contributed by atoms with E-state index in [2.05, 4.69) is 14.9 Å². The molecule has 0 radical (unpaired) electrons. The zero-order chi connectivity index (χ0) is 17.3. The Bertz CT molecular complexity index is 696. The van der Waals surface area contributed by atoms with E-state index in [9.17, 15) is 13.2 Å². The maximum atomic E-state index is 12.8. The number of halogens is 4. The maximum absolute atomic E-state index is 12.8. The number of pyridine rings is 1. The molecule has 130 valence electrons. The van der Waals surface area contributed by atoms with Gasteiger partial charge in [0.25, 0.3) is 0 Å². The Morgan fingerprint density at radius 2 is 2.17 bits per heavy atom. The highest BCUT2D eigenvalue weighted by Crippen LogP contribution is 2.30. The zero-order valence-corrected chi connectivity index (χ0v) is 14.0. The summed E-state index contributed by atoms with van der Waals surface area (Å²) in [7, 11) is 1.99. The molecule has 0 bridgehead atoms. The standard InChI is InChI=1S/C16H18ClF3N4/c1-23(9-13-4-3-12(17)6-21-13)7-11-2-5-15-22-14(16(18,19)20)10-24(15)8-11/h3-4,6,10-11H,2,5,7-9H2,1H3/t11-/m1/s1. The number of alkyl halides is 3. The molecule has 0 aromatic carbocycles. The molecule has 1 atom stereocenters. The van der Waals surface area contributed by atoms with Gasteiger partial charge in [-0.05, 0) is 31.5 Å². The van der Waals surface area contributed by atoms with Crippen molar-refractivity contribution in [1.29, 1.82) is 0 Å². The Balaban J connectivity index is 1.59. The number of aryl methyl sites for hydroxylation is 1. The maximum Gasteiger partial charge on any atom is 0.434 e. The number of fused-ring (bicyclic) bond motifs is 1. The minimum Gasteiger partial charge on any atom is -0.334 e. The molecule has 3 rings (SSSR count). The Morgan fingerprint density at radius 3 is 2.83 bits per heavy atom. The average Bonchev–Trinajstić information content (AvgIpc) is 2.93. The summed E-state index contributed by atoms with van der Waals surface area (Å²) in [6, 6.07) is 3.68. The predicted octanol–water partition coefficient (Wildman–Crippen LogP) is 3.64. The van der Waals surface area contributed by atoms with Gasteiger partial charge in [0.2, 0.25) is 0 Å². The lowest BCUT2D eigenvalue weighted by atomic mass is 9.99. The van der Waals surface area contributed by atoms with E-state index in [-0.39, 0.29) is 0 Å². The molecule has 24 heavy (non-hydrogen) atoms. The van der Waals surface area contributed by atoms with Gasteiger partial charge in [-0.1, -0.05) is 11.6 Å². The van der Waals surface area contributed by atoms with E-state index in [1.54, 1.807) is 16.8 Å². The van der Waals surface area contributed by atoms with Crippen LogP contribution in [0, 0.1) is 5.92 Å². The van der Waals surface area contributed by atoms with Crippen LogP contribution in [0.2, 0.25) is 5.02 Å². The van der Waals surface area contributed by atoms with Gasteiger partial charge in [-0.2, -0.15) is 13.2 Å². The van der Waals surface area contributed by atoms with Crippen LogP contribution in [0.3, 0.4) is 0 Å². The van der Waals surface area contributed by atoms with Crippen LogP contribution in [-0.4, -0.2) is 33.0 Å². The first-order valence-electron chi connectivity index (χ1n) is 7.73. The largest absolute Gasteiger partial charge is 0.434 e. The van der Waals surface area contributed by atoms with Crippen LogP contribution < -0.4 is 0 Å². The van der Waals surface area contributed by atoms with Crippen molar-refractivity contribution < 1.29 is 13.2 Å². The van der Waals surface area contributed by atoms with Crippen LogP contribution in [0.25, 0.3) is 0 Å². The van der Waals surface area contributed by atoms with E-state index in [4.69, 9.17) is 11.6 Å². The van der Waals surface area contributed by atoms with Crippen molar-refractivity contribution in [3.63, 3.8) is 0 Å². The third-order valence-electron chi connectivity index (χ3n) is 4.17. The number of rotatable bonds is 4. The highest BCUT2D eigenvalue weighted by atomic mass is 35.5. The molecule has 0 fully saturated rings. The Labute approximate surface area is 143 Å². The van der Waals surface area contributed by atoms with Crippen LogP contribution in [0.4, 0.5) is 13.2 Å². The van der Waals surface area contributed by atoms with Crippen LogP contribution in [-0.2, 0) is 25.7 Å². The SMILES string of the molecule is CN(Cc1ccc(Cl)cn1)C[C@H]1CCc2nc(C(F)(F)F)cn2C1. The third-order valence-corrected chi connectivity index (χ3v) is 4.39. The minimum absolute atomic E-state index is 0.296. The van der Waals surface area contributed by atoms with Crippen LogP contribution >= 0.6 is 11.6 Å². The van der Waals surface area contributed by atoms with Crippen molar-refractivity contribution in [3.8, 4) is 0 Å². The van der Waals surface area contributed by atoms with Gasteiger partial charge < -0.3 is 9.47 Å². The summed E-state index contributed by atoms with van der Waals surface area (Å²) in [5.41, 5.74) is 0.122. The van der Waals surface area contributed by atoms with Gasteiger partial charge in [0.15, 0.2) is 5.69 Å². The smallest absolute Gasteiger partial charge is 0.334 e. The van der Waals surface area contributed by atoms with Crippen molar-refractivity contribution in [1.82, 2.24) is 19.4 Å². The first-order valence-corrected chi connectivity index (χ1v) is 8.11. The van der Waals surface area contributed by atoms with Crippen molar-refractivity contribution in [2.45, 2.75) is 32.1 Å². The van der Waals surface area contributed by atoms with Gasteiger partial charge in [0.05, 0.1) is 10.7 Å². The highest BCUT2D eigenvalue weighted by molar-refractivity contribution is 6.30. The van der Waals surface area contributed by atoms with E-state index >= 15 is 0 Å². The molecule has 1 aliphatic heterocycles. The van der Waals surface area contributed by atoms with Crippen LogP contribution in [0.1, 0.15) is 23.6 Å². The molecular weight excluding hydrogens is 341 g/mol. The van der Waals surface area contributed by atoms with Crippen LogP contribution in [0.5, 0.6) is 0 Å². The lowest BCUT2D eigenvalue weighted by Crippen LogP contribution is -2.31. The summed E-state index contributed by atoms with van der Waals surface area (Å²) < 4.78 is 39.9. The van der Waals surface area contributed by atoms with Gasteiger partial charge in [-0.15, -0.1) is 0 Å². The fraction of sp³-hybridized carbons (Fsp3) is 0.500. The van der Waals surface area contributed by atoms with Crippen molar-refractivity contribution >= 4 is 11.6 Å². The summed E-state index contributed by atoms with van der Waals surface area (Å²) in [6.07, 6.45) is -0.221. The molecule has 1 aliphatic rings. The monoisotopic (exact) mass is 358 g/mol. The van der Waals surface area contributed by atoms with Crippen LogP contribution in [0.15, 0.2) is 24.5 Å². The molecule has 3 heterocycles. The molecule has 0 unspecified atom stereocenters.